The van der Waals surface area contributed by atoms with Crippen LogP contribution in [0.25, 0.3) is 0 Å². The Hall–Kier alpha value is -2.30. The molecule has 1 amide bonds. The minimum atomic E-state index is -0.214. The molecule has 3 rings (SSSR count). The monoisotopic (exact) mass is 299 g/mol. The number of aryl methyl sites for hydroxylation is 2. The quantitative estimate of drug-likeness (QED) is 0.874. The number of fused-ring (bicyclic) bond motifs is 1. The molecule has 0 spiro atoms. The summed E-state index contributed by atoms with van der Waals surface area (Å²) in [6, 6.07) is 5.15. The molecule has 2 heterocycles. The van der Waals surface area contributed by atoms with Gasteiger partial charge in [-0.2, -0.15) is 0 Å². The summed E-state index contributed by atoms with van der Waals surface area (Å²) in [5, 5.41) is 0. The molecule has 5 heteroatoms. The number of carbonyl (C=O) groups excluding carboxylic acids is 1. The summed E-state index contributed by atoms with van der Waals surface area (Å²) < 4.78 is 13.5. The highest BCUT2D eigenvalue weighted by Crippen LogP contribution is 2.17. The van der Waals surface area contributed by atoms with E-state index in [4.69, 9.17) is 0 Å². The van der Waals surface area contributed by atoms with Crippen LogP contribution >= 0.6 is 0 Å². The van der Waals surface area contributed by atoms with Crippen LogP contribution in [0.2, 0.25) is 0 Å². The molecule has 0 bridgehead atoms. The molecular formula is C17H18FN3O. The van der Waals surface area contributed by atoms with Gasteiger partial charge in [-0.1, -0.05) is 12.1 Å². The van der Waals surface area contributed by atoms with E-state index >= 15 is 0 Å². The van der Waals surface area contributed by atoms with Gasteiger partial charge < -0.3 is 4.90 Å². The maximum atomic E-state index is 13.5. The van der Waals surface area contributed by atoms with Gasteiger partial charge in [-0.05, 0) is 30.5 Å². The van der Waals surface area contributed by atoms with Crippen molar-refractivity contribution in [3.63, 3.8) is 0 Å². The number of amides is 1. The first kappa shape index (κ1) is 14.6. The number of benzene rings is 1. The van der Waals surface area contributed by atoms with Crippen molar-refractivity contribution in [3.05, 3.63) is 58.9 Å². The average molecular weight is 299 g/mol. The van der Waals surface area contributed by atoms with Gasteiger partial charge in [-0.25, -0.2) is 14.4 Å². The lowest BCUT2D eigenvalue weighted by Crippen LogP contribution is -2.36. The van der Waals surface area contributed by atoms with Gasteiger partial charge in [-0.3, -0.25) is 4.79 Å². The van der Waals surface area contributed by atoms with Crippen LogP contribution in [-0.2, 0) is 24.2 Å². The van der Waals surface area contributed by atoms with Crippen LogP contribution < -0.4 is 0 Å². The van der Waals surface area contributed by atoms with Gasteiger partial charge >= 0.3 is 0 Å². The van der Waals surface area contributed by atoms with Crippen molar-refractivity contribution in [1.82, 2.24) is 14.9 Å². The molecule has 0 atom stereocenters. The van der Waals surface area contributed by atoms with E-state index in [1.54, 1.807) is 25.5 Å². The van der Waals surface area contributed by atoms with Crippen LogP contribution in [0.1, 0.15) is 28.8 Å². The van der Waals surface area contributed by atoms with Crippen molar-refractivity contribution >= 4 is 5.91 Å². The molecule has 114 valence electrons. The third-order valence-electron chi connectivity index (χ3n) is 4.08. The molecule has 0 saturated carbocycles. The van der Waals surface area contributed by atoms with Crippen molar-refractivity contribution in [1.29, 1.82) is 0 Å². The molecular weight excluding hydrogens is 281 g/mol. The number of hydrogen-bond donors (Lipinski definition) is 0. The van der Waals surface area contributed by atoms with E-state index in [0.29, 0.717) is 31.5 Å². The molecule has 0 aliphatic carbocycles. The zero-order chi connectivity index (χ0) is 15.5. The molecule has 4 nitrogen and oxygen atoms in total. The lowest BCUT2D eigenvalue weighted by molar-refractivity contribution is -0.132. The number of hydrogen-bond acceptors (Lipinski definition) is 3. The van der Waals surface area contributed by atoms with E-state index < -0.39 is 0 Å². The Morgan fingerprint density at radius 1 is 1.41 bits per heavy atom. The van der Waals surface area contributed by atoms with Crippen molar-refractivity contribution in [2.24, 2.45) is 0 Å². The Morgan fingerprint density at radius 3 is 3.09 bits per heavy atom. The van der Waals surface area contributed by atoms with Crippen molar-refractivity contribution < 1.29 is 9.18 Å². The normalized spacial score (nSPS) is 13.8. The van der Waals surface area contributed by atoms with E-state index in [-0.39, 0.29) is 11.7 Å². The number of halogens is 1. The molecule has 0 unspecified atom stereocenters. The number of nitrogens with zero attached hydrogens (tertiary/aromatic N) is 3. The van der Waals surface area contributed by atoms with Crippen molar-refractivity contribution in [2.75, 3.05) is 6.54 Å². The summed E-state index contributed by atoms with van der Waals surface area (Å²) in [5.74, 6) is -0.121. The van der Waals surface area contributed by atoms with Gasteiger partial charge in [-0.15, -0.1) is 0 Å². The Labute approximate surface area is 129 Å². The minimum Gasteiger partial charge on any atom is -0.338 e. The summed E-state index contributed by atoms with van der Waals surface area (Å²) >= 11 is 0. The van der Waals surface area contributed by atoms with Crippen LogP contribution in [0.5, 0.6) is 0 Å². The van der Waals surface area contributed by atoms with Crippen LogP contribution in [-0.4, -0.2) is 27.3 Å². The van der Waals surface area contributed by atoms with Gasteiger partial charge in [0, 0.05) is 37.7 Å². The maximum Gasteiger partial charge on any atom is 0.223 e. The van der Waals surface area contributed by atoms with Crippen LogP contribution in [0.15, 0.2) is 30.7 Å². The number of aromatic nitrogens is 2. The second-order valence-electron chi connectivity index (χ2n) is 5.64. The van der Waals surface area contributed by atoms with Gasteiger partial charge in [0.1, 0.15) is 12.1 Å². The zero-order valence-electron chi connectivity index (χ0n) is 12.6. The molecule has 0 saturated heterocycles. The van der Waals surface area contributed by atoms with Crippen LogP contribution in [0.3, 0.4) is 0 Å². The van der Waals surface area contributed by atoms with E-state index in [0.717, 1.165) is 23.2 Å². The zero-order valence-corrected chi connectivity index (χ0v) is 12.6. The summed E-state index contributed by atoms with van der Waals surface area (Å²) in [7, 11) is 0. The fourth-order valence-electron chi connectivity index (χ4n) is 2.68. The minimum absolute atomic E-state index is 0.0930. The Morgan fingerprint density at radius 2 is 2.27 bits per heavy atom. The SMILES string of the molecule is Cc1ccc(CCC(=O)N2CCc3ncncc3C2)cc1F. The second kappa shape index (κ2) is 6.22. The van der Waals surface area contributed by atoms with Crippen molar-refractivity contribution in [3.8, 4) is 0 Å². The molecule has 0 N–H and O–H groups in total. The molecule has 1 aromatic carbocycles. The molecule has 2 aromatic rings. The van der Waals surface area contributed by atoms with Gasteiger partial charge in [0.15, 0.2) is 0 Å². The highest BCUT2D eigenvalue weighted by Gasteiger charge is 2.21. The largest absolute Gasteiger partial charge is 0.338 e. The second-order valence-corrected chi connectivity index (χ2v) is 5.64. The van der Waals surface area contributed by atoms with E-state index in [9.17, 15) is 9.18 Å². The lowest BCUT2D eigenvalue weighted by Gasteiger charge is -2.27. The lowest BCUT2D eigenvalue weighted by atomic mass is 10.0. The molecule has 0 fully saturated rings. The Bertz CT molecular complexity index is 702. The summed E-state index contributed by atoms with van der Waals surface area (Å²) in [6.07, 6.45) is 5.04. The predicted molar refractivity (Wildman–Crippen MR) is 80.6 cm³/mol. The molecule has 1 aliphatic heterocycles. The van der Waals surface area contributed by atoms with E-state index in [1.807, 2.05) is 11.0 Å². The third kappa shape index (κ3) is 3.13. The summed E-state index contributed by atoms with van der Waals surface area (Å²) in [5.41, 5.74) is 3.53. The smallest absolute Gasteiger partial charge is 0.223 e. The predicted octanol–water partition coefficient (Wildman–Crippen LogP) is 2.44. The standard InChI is InChI=1S/C17H18FN3O/c1-12-2-3-13(8-15(12)18)4-5-17(22)21-7-6-16-14(10-21)9-19-11-20-16/h2-3,8-9,11H,4-7,10H2,1H3. The number of rotatable bonds is 3. The number of carbonyl (C=O) groups is 1. The first-order chi connectivity index (χ1) is 10.6. The maximum absolute atomic E-state index is 13.5. The van der Waals surface area contributed by atoms with Crippen LogP contribution in [0, 0.1) is 12.7 Å². The third-order valence-corrected chi connectivity index (χ3v) is 4.08. The fourth-order valence-corrected chi connectivity index (χ4v) is 2.68. The van der Waals surface area contributed by atoms with Gasteiger partial charge in [0.05, 0.1) is 5.69 Å². The highest BCUT2D eigenvalue weighted by molar-refractivity contribution is 5.76. The first-order valence-corrected chi connectivity index (χ1v) is 7.44. The Kier molecular flexibility index (Phi) is 4.13. The molecule has 1 aromatic heterocycles. The topological polar surface area (TPSA) is 46.1 Å². The average Bonchev–Trinajstić information content (AvgIpc) is 2.55. The summed E-state index contributed by atoms with van der Waals surface area (Å²) in [4.78, 5) is 22.4. The van der Waals surface area contributed by atoms with Gasteiger partial charge in [0.25, 0.3) is 0 Å². The van der Waals surface area contributed by atoms with Gasteiger partial charge in [0.2, 0.25) is 5.91 Å². The Balaban J connectivity index is 1.60. The summed E-state index contributed by atoms with van der Waals surface area (Å²) in [6.45, 7) is 2.99. The molecule has 0 radical (unpaired) electrons. The van der Waals surface area contributed by atoms with E-state index in [2.05, 4.69) is 9.97 Å². The van der Waals surface area contributed by atoms with Crippen molar-refractivity contribution in [2.45, 2.75) is 32.7 Å². The van der Waals surface area contributed by atoms with Crippen LogP contribution in [0.4, 0.5) is 4.39 Å². The van der Waals surface area contributed by atoms with E-state index in [1.165, 1.54) is 6.07 Å². The fraction of sp³-hybridized carbons (Fsp3) is 0.353. The molecule has 22 heavy (non-hydrogen) atoms. The molecule has 1 aliphatic rings. The highest BCUT2D eigenvalue weighted by atomic mass is 19.1. The first-order valence-electron chi connectivity index (χ1n) is 7.44.